The summed E-state index contributed by atoms with van der Waals surface area (Å²) < 4.78 is 39.2. The lowest BCUT2D eigenvalue weighted by Gasteiger charge is -2.32. The Bertz CT molecular complexity index is 428. The molecule has 1 aliphatic heterocycles. The van der Waals surface area contributed by atoms with Gasteiger partial charge in [-0.1, -0.05) is 0 Å². The van der Waals surface area contributed by atoms with E-state index in [9.17, 15) is 13.2 Å². The van der Waals surface area contributed by atoms with Crippen LogP contribution in [0.1, 0.15) is 31.4 Å². The Kier molecular flexibility index (Phi) is 4.10. The first-order valence-corrected chi connectivity index (χ1v) is 6.37. The molecule has 0 spiro atoms. The number of hydrogen-bond acceptors (Lipinski definition) is 4. The summed E-state index contributed by atoms with van der Waals surface area (Å²) in [5, 5.41) is 6.93. The SMILES string of the molecule is CC(CCCN)N1CCn2c(nnc2C(F)(F)F)C1. The molecule has 1 unspecified atom stereocenters. The maximum absolute atomic E-state index is 12.7. The highest BCUT2D eigenvalue weighted by Gasteiger charge is 2.39. The summed E-state index contributed by atoms with van der Waals surface area (Å²) in [6.45, 7) is 3.97. The van der Waals surface area contributed by atoms with E-state index < -0.39 is 12.0 Å². The van der Waals surface area contributed by atoms with Crippen molar-refractivity contribution in [2.45, 2.75) is 45.1 Å². The summed E-state index contributed by atoms with van der Waals surface area (Å²) >= 11 is 0. The predicted octanol–water partition coefficient (Wildman–Crippen LogP) is 1.24. The minimum atomic E-state index is -4.43. The quantitative estimate of drug-likeness (QED) is 0.899. The van der Waals surface area contributed by atoms with Gasteiger partial charge in [0.05, 0.1) is 6.54 Å². The fourth-order valence-corrected chi connectivity index (χ4v) is 2.36. The number of halogens is 3. The molecule has 0 saturated heterocycles. The second-order valence-corrected chi connectivity index (χ2v) is 4.84. The lowest BCUT2D eigenvalue weighted by molar-refractivity contribution is -0.148. The second-order valence-electron chi connectivity index (χ2n) is 4.84. The first-order chi connectivity index (χ1) is 8.93. The molecule has 1 atom stereocenters. The van der Waals surface area contributed by atoms with Gasteiger partial charge in [-0.3, -0.25) is 4.90 Å². The average Bonchev–Trinajstić information content (AvgIpc) is 2.78. The van der Waals surface area contributed by atoms with E-state index in [0.717, 1.165) is 12.8 Å². The van der Waals surface area contributed by atoms with Crippen LogP contribution < -0.4 is 5.73 Å². The highest BCUT2D eigenvalue weighted by Crippen LogP contribution is 2.29. The summed E-state index contributed by atoms with van der Waals surface area (Å²) in [5.74, 6) is -0.505. The van der Waals surface area contributed by atoms with Gasteiger partial charge in [0.1, 0.15) is 5.82 Å². The highest BCUT2D eigenvalue weighted by atomic mass is 19.4. The molecule has 0 amide bonds. The Morgan fingerprint density at radius 2 is 2.05 bits per heavy atom. The smallest absolute Gasteiger partial charge is 0.330 e. The van der Waals surface area contributed by atoms with Crippen molar-refractivity contribution >= 4 is 0 Å². The molecule has 5 nitrogen and oxygen atoms in total. The first-order valence-electron chi connectivity index (χ1n) is 6.37. The van der Waals surface area contributed by atoms with Gasteiger partial charge in [0.25, 0.3) is 0 Å². The third-order valence-electron chi connectivity index (χ3n) is 3.49. The fourth-order valence-electron chi connectivity index (χ4n) is 2.36. The van der Waals surface area contributed by atoms with Crippen LogP contribution >= 0.6 is 0 Å². The Morgan fingerprint density at radius 3 is 2.68 bits per heavy atom. The molecule has 2 N–H and O–H groups in total. The minimum absolute atomic E-state index is 0.282. The average molecular weight is 277 g/mol. The fraction of sp³-hybridized carbons (Fsp3) is 0.818. The predicted molar refractivity (Wildman–Crippen MR) is 63.2 cm³/mol. The molecule has 2 rings (SSSR count). The number of nitrogens with two attached hydrogens (primary N) is 1. The molecule has 0 radical (unpaired) electrons. The van der Waals surface area contributed by atoms with Crippen LogP contribution in [0.25, 0.3) is 0 Å². The van der Waals surface area contributed by atoms with E-state index in [1.165, 1.54) is 4.57 Å². The number of rotatable bonds is 4. The number of aromatic nitrogens is 3. The summed E-state index contributed by atoms with van der Waals surface area (Å²) in [7, 11) is 0. The third kappa shape index (κ3) is 3.06. The number of nitrogens with zero attached hydrogens (tertiary/aromatic N) is 4. The highest BCUT2D eigenvalue weighted by molar-refractivity contribution is 5.02. The van der Waals surface area contributed by atoms with Crippen LogP contribution in [0.2, 0.25) is 0 Å². The topological polar surface area (TPSA) is 60.0 Å². The van der Waals surface area contributed by atoms with Gasteiger partial charge in [-0.15, -0.1) is 10.2 Å². The molecule has 19 heavy (non-hydrogen) atoms. The van der Waals surface area contributed by atoms with Crippen LogP contribution in [0.4, 0.5) is 13.2 Å². The molecule has 2 heterocycles. The van der Waals surface area contributed by atoms with E-state index in [4.69, 9.17) is 5.73 Å². The Labute approximate surface area is 109 Å². The van der Waals surface area contributed by atoms with Gasteiger partial charge in [0.2, 0.25) is 5.82 Å². The molecular weight excluding hydrogens is 259 g/mol. The van der Waals surface area contributed by atoms with E-state index in [2.05, 4.69) is 22.0 Å². The molecular formula is C11H18F3N5. The number of fused-ring (bicyclic) bond motifs is 1. The molecule has 0 saturated carbocycles. The summed E-state index contributed by atoms with van der Waals surface area (Å²) in [6, 6.07) is 0.295. The van der Waals surface area contributed by atoms with Gasteiger partial charge in [-0.25, -0.2) is 0 Å². The molecule has 1 aliphatic rings. The van der Waals surface area contributed by atoms with Crippen molar-refractivity contribution in [1.82, 2.24) is 19.7 Å². The van der Waals surface area contributed by atoms with Gasteiger partial charge in [0, 0.05) is 19.1 Å². The van der Waals surface area contributed by atoms with E-state index in [-0.39, 0.29) is 6.54 Å². The van der Waals surface area contributed by atoms with Crippen molar-refractivity contribution in [1.29, 1.82) is 0 Å². The zero-order chi connectivity index (χ0) is 14.0. The monoisotopic (exact) mass is 277 g/mol. The Hall–Kier alpha value is -1.15. The van der Waals surface area contributed by atoms with Crippen LogP contribution in [-0.2, 0) is 19.3 Å². The van der Waals surface area contributed by atoms with E-state index in [0.29, 0.717) is 31.5 Å². The Balaban J connectivity index is 2.07. The standard InChI is InChI=1S/C11H18F3N5/c1-8(3-2-4-15)18-5-6-19-9(7-18)16-17-10(19)11(12,13)14/h8H,2-7,15H2,1H3. The van der Waals surface area contributed by atoms with Gasteiger partial charge in [-0.2, -0.15) is 13.2 Å². The van der Waals surface area contributed by atoms with Crippen molar-refractivity contribution in [2.24, 2.45) is 5.73 Å². The van der Waals surface area contributed by atoms with Crippen molar-refractivity contribution in [2.75, 3.05) is 13.1 Å². The zero-order valence-corrected chi connectivity index (χ0v) is 10.8. The number of alkyl halides is 3. The summed E-state index contributed by atoms with van der Waals surface area (Å²) in [4.78, 5) is 2.12. The maximum Gasteiger partial charge on any atom is 0.451 e. The molecule has 0 fully saturated rings. The van der Waals surface area contributed by atoms with Gasteiger partial charge >= 0.3 is 6.18 Å². The first kappa shape index (κ1) is 14.3. The molecule has 0 bridgehead atoms. The normalized spacial score (nSPS) is 18.4. The summed E-state index contributed by atoms with van der Waals surface area (Å²) in [6.07, 6.45) is -2.58. The van der Waals surface area contributed by atoms with E-state index in [1.807, 2.05) is 0 Å². The Morgan fingerprint density at radius 1 is 1.32 bits per heavy atom. The molecule has 1 aromatic rings. The van der Waals surface area contributed by atoms with Gasteiger partial charge in [-0.05, 0) is 26.3 Å². The molecule has 0 aliphatic carbocycles. The van der Waals surface area contributed by atoms with Crippen LogP contribution in [0.5, 0.6) is 0 Å². The van der Waals surface area contributed by atoms with Crippen LogP contribution in [0.15, 0.2) is 0 Å². The minimum Gasteiger partial charge on any atom is -0.330 e. The van der Waals surface area contributed by atoms with Crippen LogP contribution in [-0.4, -0.2) is 38.8 Å². The number of hydrogen-bond donors (Lipinski definition) is 1. The largest absolute Gasteiger partial charge is 0.451 e. The lowest BCUT2D eigenvalue weighted by Crippen LogP contribution is -2.40. The summed E-state index contributed by atoms with van der Waals surface area (Å²) in [5.41, 5.74) is 5.46. The van der Waals surface area contributed by atoms with Gasteiger partial charge < -0.3 is 10.3 Å². The van der Waals surface area contributed by atoms with E-state index in [1.54, 1.807) is 0 Å². The molecule has 108 valence electrons. The van der Waals surface area contributed by atoms with Crippen molar-refractivity contribution in [3.63, 3.8) is 0 Å². The second kappa shape index (κ2) is 5.46. The van der Waals surface area contributed by atoms with Crippen LogP contribution in [0, 0.1) is 0 Å². The van der Waals surface area contributed by atoms with Gasteiger partial charge in [0.15, 0.2) is 0 Å². The zero-order valence-electron chi connectivity index (χ0n) is 10.8. The molecule has 1 aromatic heterocycles. The maximum atomic E-state index is 12.7. The van der Waals surface area contributed by atoms with E-state index >= 15 is 0 Å². The van der Waals surface area contributed by atoms with Crippen molar-refractivity contribution < 1.29 is 13.2 Å². The molecule has 0 aromatic carbocycles. The van der Waals surface area contributed by atoms with Crippen LogP contribution in [0.3, 0.4) is 0 Å². The third-order valence-corrected chi connectivity index (χ3v) is 3.49. The lowest BCUT2D eigenvalue weighted by atomic mass is 10.1. The molecule has 8 heteroatoms. The van der Waals surface area contributed by atoms with Crippen molar-refractivity contribution in [3.05, 3.63) is 11.6 Å². The van der Waals surface area contributed by atoms with Crippen molar-refractivity contribution in [3.8, 4) is 0 Å².